The molecular weight excluding hydrogens is 222 g/mol. The Hall–Kier alpha value is -1.85. The van der Waals surface area contributed by atoms with Crippen molar-refractivity contribution in [3.63, 3.8) is 0 Å². The molecule has 0 fully saturated rings. The Bertz CT molecular complexity index is 382. The average Bonchev–Trinajstić information content (AvgIpc) is 2.35. The first-order valence-electron chi connectivity index (χ1n) is 5.28. The number of carbonyl (C=O) groups is 1. The van der Waals surface area contributed by atoms with Gasteiger partial charge in [-0.3, -0.25) is 9.78 Å². The number of carbonyl (C=O) groups excluding carboxylic acids is 1. The number of rotatable bonds is 5. The molecule has 0 aliphatic carbocycles. The summed E-state index contributed by atoms with van der Waals surface area (Å²) in [6.07, 6.45) is 3.10. The summed E-state index contributed by atoms with van der Waals surface area (Å²) in [5.74, 6) is 0.686. The van der Waals surface area contributed by atoms with Gasteiger partial charge < -0.3 is 14.4 Å². The fourth-order valence-corrected chi connectivity index (χ4v) is 1.31. The van der Waals surface area contributed by atoms with Gasteiger partial charge >= 0.3 is 5.97 Å². The van der Waals surface area contributed by atoms with Crippen LogP contribution in [0.4, 0.5) is 5.82 Å². The van der Waals surface area contributed by atoms with E-state index in [1.165, 1.54) is 20.4 Å². The molecule has 17 heavy (non-hydrogen) atoms. The topological polar surface area (TPSA) is 64.5 Å². The lowest BCUT2D eigenvalue weighted by Crippen LogP contribution is -2.37. The van der Waals surface area contributed by atoms with E-state index in [1.807, 2.05) is 13.8 Å². The third-order valence-electron chi connectivity index (χ3n) is 2.25. The zero-order valence-electron chi connectivity index (χ0n) is 10.5. The molecule has 1 aromatic rings. The summed E-state index contributed by atoms with van der Waals surface area (Å²) < 4.78 is 9.65. The van der Waals surface area contributed by atoms with E-state index >= 15 is 0 Å². The molecule has 0 spiro atoms. The second-order valence-electron chi connectivity index (χ2n) is 3.72. The second kappa shape index (κ2) is 6.03. The summed E-state index contributed by atoms with van der Waals surface area (Å²) in [7, 11) is 2.88. The Morgan fingerprint density at radius 1 is 1.41 bits per heavy atom. The molecule has 0 aromatic carbocycles. The highest BCUT2D eigenvalue weighted by Crippen LogP contribution is 2.16. The van der Waals surface area contributed by atoms with Crippen LogP contribution in [0.1, 0.15) is 13.8 Å². The van der Waals surface area contributed by atoms with Crippen LogP contribution in [0.25, 0.3) is 0 Å². The lowest BCUT2D eigenvalue weighted by atomic mass is 10.3. The third-order valence-corrected chi connectivity index (χ3v) is 2.25. The van der Waals surface area contributed by atoms with E-state index in [0.717, 1.165) is 0 Å². The third kappa shape index (κ3) is 3.58. The molecule has 0 saturated heterocycles. The highest BCUT2D eigenvalue weighted by molar-refractivity contribution is 5.75. The van der Waals surface area contributed by atoms with Gasteiger partial charge in [-0.2, -0.15) is 4.98 Å². The molecule has 0 atom stereocenters. The number of esters is 1. The minimum atomic E-state index is -0.316. The molecule has 1 aromatic heterocycles. The van der Waals surface area contributed by atoms with Crippen molar-refractivity contribution in [1.29, 1.82) is 0 Å². The van der Waals surface area contributed by atoms with Crippen LogP contribution in [0.3, 0.4) is 0 Å². The van der Waals surface area contributed by atoms with Crippen molar-refractivity contribution in [2.75, 3.05) is 25.7 Å². The van der Waals surface area contributed by atoms with Crippen molar-refractivity contribution in [3.05, 3.63) is 12.4 Å². The summed E-state index contributed by atoms with van der Waals surface area (Å²) in [6.45, 7) is 4.06. The van der Waals surface area contributed by atoms with Gasteiger partial charge in [-0.15, -0.1) is 0 Å². The van der Waals surface area contributed by atoms with Crippen LogP contribution in [0, 0.1) is 0 Å². The Morgan fingerprint density at radius 3 is 2.65 bits per heavy atom. The van der Waals surface area contributed by atoms with E-state index in [2.05, 4.69) is 14.7 Å². The molecule has 0 amide bonds. The van der Waals surface area contributed by atoms with E-state index in [0.29, 0.717) is 11.7 Å². The molecule has 1 heterocycles. The molecule has 1 rings (SSSR count). The Kier molecular flexibility index (Phi) is 4.68. The van der Waals surface area contributed by atoms with Crippen LogP contribution < -0.4 is 9.64 Å². The number of ether oxygens (including phenoxy) is 2. The summed E-state index contributed by atoms with van der Waals surface area (Å²) in [5.41, 5.74) is 0. The second-order valence-corrected chi connectivity index (χ2v) is 3.72. The van der Waals surface area contributed by atoms with Gasteiger partial charge in [0.25, 0.3) is 0 Å². The Labute approximate surface area is 101 Å². The smallest absolute Gasteiger partial charge is 0.325 e. The number of hydrogen-bond donors (Lipinski definition) is 0. The zero-order chi connectivity index (χ0) is 12.8. The molecule has 0 radical (unpaired) electrons. The van der Waals surface area contributed by atoms with E-state index in [4.69, 9.17) is 4.74 Å². The Morgan fingerprint density at radius 2 is 2.12 bits per heavy atom. The molecule has 0 aliphatic rings. The number of aromatic nitrogens is 2. The summed E-state index contributed by atoms with van der Waals surface area (Å²) in [5, 5.41) is 0. The quantitative estimate of drug-likeness (QED) is 0.710. The predicted octanol–water partition coefficient (Wildman–Crippen LogP) is 0.873. The highest BCUT2D eigenvalue weighted by atomic mass is 16.5. The lowest BCUT2D eigenvalue weighted by Gasteiger charge is -2.26. The van der Waals surface area contributed by atoms with Gasteiger partial charge in [0.1, 0.15) is 6.54 Å². The molecular formula is C11H17N3O3. The van der Waals surface area contributed by atoms with Crippen molar-refractivity contribution < 1.29 is 14.3 Å². The first-order valence-corrected chi connectivity index (χ1v) is 5.28. The standard InChI is InChI=1S/C11H17N3O3/c1-8(2)14(7-11(15)17-4)9-5-12-6-10(13-9)16-3/h5-6,8H,7H2,1-4H3. The number of hydrogen-bond acceptors (Lipinski definition) is 6. The van der Waals surface area contributed by atoms with Gasteiger partial charge in [0.2, 0.25) is 5.88 Å². The summed E-state index contributed by atoms with van der Waals surface area (Å²) in [4.78, 5) is 21.3. The summed E-state index contributed by atoms with van der Waals surface area (Å²) >= 11 is 0. The van der Waals surface area contributed by atoms with Crippen LogP contribution in [0.15, 0.2) is 12.4 Å². The highest BCUT2D eigenvalue weighted by Gasteiger charge is 2.17. The zero-order valence-corrected chi connectivity index (χ0v) is 10.5. The van der Waals surface area contributed by atoms with Crippen molar-refractivity contribution in [2.24, 2.45) is 0 Å². The van der Waals surface area contributed by atoms with Crippen molar-refractivity contribution in [2.45, 2.75) is 19.9 Å². The maximum absolute atomic E-state index is 11.3. The fraction of sp³-hybridized carbons (Fsp3) is 0.545. The van der Waals surface area contributed by atoms with Crippen molar-refractivity contribution >= 4 is 11.8 Å². The fourth-order valence-electron chi connectivity index (χ4n) is 1.31. The summed E-state index contributed by atoms with van der Waals surface area (Å²) in [6, 6.07) is 0.107. The van der Waals surface area contributed by atoms with Crippen molar-refractivity contribution in [1.82, 2.24) is 9.97 Å². The Balaban J connectivity index is 2.92. The van der Waals surface area contributed by atoms with Gasteiger partial charge in [0.05, 0.1) is 26.6 Å². The normalized spacial score (nSPS) is 10.2. The number of methoxy groups -OCH3 is 2. The van der Waals surface area contributed by atoms with Crippen LogP contribution in [-0.4, -0.2) is 42.7 Å². The van der Waals surface area contributed by atoms with E-state index in [9.17, 15) is 4.79 Å². The van der Waals surface area contributed by atoms with Crippen LogP contribution in [-0.2, 0) is 9.53 Å². The molecule has 0 saturated carbocycles. The molecule has 0 bridgehead atoms. The molecule has 0 aliphatic heterocycles. The maximum Gasteiger partial charge on any atom is 0.325 e. The first-order chi connectivity index (χ1) is 8.08. The van der Waals surface area contributed by atoms with Gasteiger partial charge in [0, 0.05) is 6.04 Å². The van der Waals surface area contributed by atoms with Crippen LogP contribution in [0.5, 0.6) is 5.88 Å². The lowest BCUT2D eigenvalue weighted by molar-refractivity contribution is -0.139. The molecule has 0 N–H and O–H groups in total. The predicted molar refractivity (Wildman–Crippen MR) is 63.1 cm³/mol. The van der Waals surface area contributed by atoms with Crippen molar-refractivity contribution in [3.8, 4) is 5.88 Å². The SMILES string of the molecule is COC(=O)CN(c1cncc(OC)n1)C(C)C. The number of nitrogens with zero attached hydrogens (tertiary/aromatic N) is 3. The van der Waals surface area contributed by atoms with Gasteiger partial charge in [-0.1, -0.05) is 0 Å². The molecule has 6 nitrogen and oxygen atoms in total. The first kappa shape index (κ1) is 13.2. The van der Waals surface area contributed by atoms with Crippen LogP contribution >= 0.6 is 0 Å². The van der Waals surface area contributed by atoms with Gasteiger partial charge in [-0.25, -0.2) is 0 Å². The van der Waals surface area contributed by atoms with E-state index in [-0.39, 0.29) is 18.6 Å². The molecule has 6 heteroatoms. The average molecular weight is 239 g/mol. The van der Waals surface area contributed by atoms with Gasteiger partial charge in [-0.05, 0) is 13.8 Å². The monoisotopic (exact) mass is 239 g/mol. The van der Waals surface area contributed by atoms with E-state index < -0.39 is 0 Å². The maximum atomic E-state index is 11.3. The molecule has 94 valence electrons. The number of anilines is 1. The minimum absolute atomic E-state index is 0.107. The minimum Gasteiger partial charge on any atom is -0.480 e. The van der Waals surface area contributed by atoms with Gasteiger partial charge in [0.15, 0.2) is 5.82 Å². The molecule has 0 unspecified atom stereocenters. The van der Waals surface area contributed by atoms with Crippen LogP contribution in [0.2, 0.25) is 0 Å². The largest absolute Gasteiger partial charge is 0.480 e. The van der Waals surface area contributed by atoms with E-state index in [1.54, 1.807) is 11.1 Å².